The Kier molecular flexibility index (Phi) is 5.08. The Balaban J connectivity index is 1.74. The van der Waals surface area contributed by atoms with E-state index in [0.717, 1.165) is 25.5 Å². The maximum absolute atomic E-state index is 13.6. The minimum atomic E-state index is -4.51. The zero-order valence-electron chi connectivity index (χ0n) is 17.0. The van der Waals surface area contributed by atoms with Crippen molar-refractivity contribution in [3.05, 3.63) is 41.2 Å². The average molecular weight is 456 g/mol. The third-order valence-corrected chi connectivity index (χ3v) is 7.11. The van der Waals surface area contributed by atoms with E-state index in [1.807, 2.05) is 0 Å². The number of nitrogens with one attached hydrogen (secondary N) is 2. The van der Waals surface area contributed by atoms with Gasteiger partial charge in [0, 0.05) is 17.9 Å². The van der Waals surface area contributed by atoms with E-state index in [2.05, 4.69) is 15.6 Å². The Hall–Kier alpha value is -2.53. The highest BCUT2D eigenvalue weighted by atomic mass is 32.2. The van der Waals surface area contributed by atoms with Gasteiger partial charge in [-0.2, -0.15) is 13.2 Å². The van der Waals surface area contributed by atoms with Crippen LogP contribution in [0.3, 0.4) is 0 Å². The average Bonchev–Trinajstić information content (AvgIpc) is 3.04. The van der Waals surface area contributed by atoms with Crippen LogP contribution in [-0.2, 0) is 9.84 Å². The largest absolute Gasteiger partial charge is 0.495 e. The van der Waals surface area contributed by atoms with Crippen molar-refractivity contribution < 1.29 is 26.3 Å². The van der Waals surface area contributed by atoms with Crippen molar-refractivity contribution in [1.29, 1.82) is 0 Å². The lowest BCUT2D eigenvalue weighted by Gasteiger charge is -2.45. The van der Waals surface area contributed by atoms with Crippen LogP contribution in [0.25, 0.3) is 0 Å². The Morgan fingerprint density at radius 3 is 2.58 bits per heavy atom. The first kappa shape index (κ1) is 21.7. The third-order valence-electron chi connectivity index (χ3n) is 6.00. The minimum Gasteiger partial charge on any atom is -0.495 e. The number of aliphatic imine (C=N–C) groups is 1. The van der Waals surface area contributed by atoms with Crippen molar-refractivity contribution in [1.82, 2.24) is 5.32 Å². The van der Waals surface area contributed by atoms with E-state index in [9.17, 15) is 21.6 Å². The fourth-order valence-electron chi connectivity index (χ4n) is 4.16. The van der Waals surface area contributed by atoms with Crippen LogP contribution in [0, 0.1) is 5.92 Å². The number of alkyl halides is 3. The number of hydrogen-bond acceptors (Lipinski definition) is 7. The second kappa shape index (κ2) is 7.27. The third kappa shape index (κ3) is 3.80. The predicted molar refractivity (Wildman–Crippen MR) is 111 cm³/mol. The number of amidine groups is 1. The van der Waals surface area contributed by atoms with E-state index in [0.29, 0.717) is 11.5 Å². The van der Waals surface area contributed by atoms with Gasteiger partial charge in [-0.05, 0) is 37.0 Å². The van der Waals surface area contributed by atoms with Gasteiger partial charge in [0.05, 0.1) is 35.3 Å². The molecule has 1 aromatic rings. The van der Waals surface area contributed by atoms with Crippen LogP contribution in [0.2, 0.25) is 0 Å². The summed E-state index contributed by atoms with van der Waals surface area (Å²) in [7, 11) is -2.04. The van der Waals surface area contributed by atoms with Gasteiger partial charge in [0.25, 0.3) is 0 Å². The van der Waals surface area contributed by atoms with Gasteiger partial charge < -0.3 is 21.1 Å². The van der Waals surface area contributed by atoms with Crippen LogP contribution in [0.15, 0.2) is 51.1 Å². The topological polar surface area (TPSA) is 106 Å². The molecule has 1 unspecified atom stereocenters. The smallest absolute Gasteiger partial charge is 0.414 e. The van der Waals surface area contributed by atoms with Crippen LogP contribution in [0.5, 0.6) is 5.75 Å². The fourth-order valence-corrected chi connectivity index (χ4v) is 4.80. The molecule has 2 aliphatic heterocycles. The van der Waals surface area contributed by atoms with Gasteiger partial charge in [0.2, 0.25) is 0 Å². The quantitative estimate of drug-likeness (QED) is 0.629. The Bertz CT molecular complexity index is 1120. The molecule has 1 fully saturated rings. The van der Waals surface area contributed by atoms with E-state index in [1.165, 1.54) is 25.3 Å². The second-order valence-electron chi connectivity index (χ2n) is 8.02. The minimum absolute atomic E-state index is 0.00893. The highest BCUT2D eigenvalue weighted by Gasteiger charge is 2.51. The molecule has 31 heavy (non-hydrogen) atoms. The van der Waals surface area contributed by atoms with Crippen molar-refractivity contribution >= 4 is 21.4 Å². The summed E-state index contributed by atoms with van der Waals surface area (Å²) < 4.78 is 69.8. The SMILES string of the molecule is COc1cc(S(C)(=O)=O)ccc1NC1=CC(N)(C2CCC2)C2=C(C(F)(F)F)CN=C2N1. The van der Waals surface area contributed by atoms with Crippen LogP contribution in [0.4, 0.5) is 18.9 Å². The first-order valence-electron chi connectivity index (χ1n) is 9.73. The number of ether oxygens (including phenoxy) is 1. The van der Waals surface area contributed by atoms with E-state index in [-0.39, 0.29) is 28.0 Å². The molecule has 7 nitrogen and oxygen atoms in total. The summed E-state index contributed by atoms with van der Waals surface area (Å²) in [5.41, 5.74) is 5.05. The highest BCUT2D eigenvalue weighted by Crippen LogP contribution is 2.46. The van der Waals surface area contributed by atoms with E-state index < -0.39 is 33.7 Å². The number of sulfone groups is 1. The number of methoxy groups -OCH3 is 1. The van der Waals surface area contributed by atoms with E-state index in [1.54, 1.807) is 6.08 Å². The second-order valence-corrected chi connectivity index (χ2v) is 10.0. The molecule has 4 N–H and O–H groups in total. The summed E-state index contributed by atoms with van der Waals surface area (Å²) >= 11 is 0. The maximum Gasteiger partial charge on any atom is 0.414 e. The molecule has 4 rings (SSSR count). The van der Waals surface area contributed by atoms with Crippen molar-refractivity contribution in [2.24, 2.45) is 16.6 Å². The first-order valence-corrected chi connectivity index (χ1v) is 11.6. The van der Waals surface area contributed by atoms with Crippen LogP contribution < -0.4 is 21.1 Å². The van der Waals surface area contributed by atoms with Gasteiger partial charge in [0.15, 0.2) is 9.84 Å². The molecule has 0 saturated heterocycles. The summed E-state index contributed by atoms with van der Waals surface area (Å²) in [6.07, 6.45) is 0.525. The number of rotatable bonds is 5. The molecule has 1 aliphatic carbocycles. The maximum atomic E-state index is 13.6. The number of benzene rings is 1. The van der Waals surface area contributed by atoms with Gasteiger partial charge in [-0.1, -0.05) is 6.42 Å². The number of hydrogen-bond donors (Lipinski definition) is 3. The number of fused-ring (bicyclic) bond motifs is 1. The Morgan fingerprint density at radius 1 is 1.32 bits per heavy atom. The molecule has 1 atom stereocenters. The molecular formula is C20H23F3N4O3S. The molecule has 11 heteroatoms. The normalized spacial score (nSPS) is 24.1. The molecule has 0 aromatic heterocycles. The zero-order chi connectivity index (χ0) is 22.6. The molecule has 1 aromatic carbocycles. The summed E-state index contributed by atoms with van der Waals surface area (Å²) in [6.45, 7) is -0.472. The van der Waals surface area contributed by atoms with Crippen molar-refractivity contribution in [2.75, 3.05) is 25.2 Å². The van der Waals surface area contributed by atoms with Gasteiger partial charge in [-0.3, -0.25) is 4.99 Å². The van der Waals surface area contributed by atoms with Crippen molar-refractivity contribution in [3.8, 4) is 5.75 Å². The number of anilines is 1. The van der Waals surface area contributed by atoms with E-state index in [4.69, 9.17) is 10.5 Å². The molecule has 0 radical (unpaired) electrons. The molecule has 0 amide bonds. The van der Waals surface area contributed by atoms with E-state index >= 15 is 0 Å². The molecule has 2 heterocycles. The first-order chi connectivity index (χ1) is 14.4. The fraction of sp³-hybridized carbons (Fsp3) is 0.450. The molecule has 168 valence electrons. The standard InChI is InChI=1S/C20H23F3N4O3S/c1-30-15-8-12(31(2,28)29)6-7-14(15)26-16-9-19(24,11-4-3-5-11)17-13(20(21,22)23)10-25-18(17)27-16/h6-9,11,26H,3-5,10,24H2,1-2H3,(H,25,27). The van der Waals surface area contributed by atoms with Crippen LogP contribution in [0.1, 0.15) is 19.3 Å². The van der Waals surface area contributed by atoms with Gasteiger partial charge in [-0.15, -0.1) is 0 Å². The summed E-state index contributed by atoms with van der Waals surface area (Å²) in [6, 6.07) is 4.33. The van der Waals surface area contributed by atoms with Crippen LogP contribution in [-0.4, -0.2) is 45.9 Å². The summed E-state index contributed by atoms with van der Waals surface area (Å²) in [5.74, 6) is 0.614. The van der Waals surface area contributed by atoms with Crippen molar-refractivity contribution in [3.63, 3.8) is 0 Å². The Morgan fingerprint density at radius 2 is 2.03 bits per heavy atom. The monoisotopic (exact) mass is 456 g/mol. The van der Waals surface area contributed by atoms with Gasteiger partial charge in [0.1, 0.15) is 17.4 Å². The summed E-state index contributed by atoms with van der Waals surface area (Å²) in [4.78, 5) is 4.15. The number of nitrogens with zero attached hydrogens (tertiary/aromatic N) is 1. The lowest BCUT2D eigenvalue weighted by atomic mass is 9.65. The molecule has 3 aliphatic rings. The van der Waals surface area contributed by atoms with Crippen molar-refractivity contribution in [2.45, 2.75) is 35.9 Å². The van der Waals surface area contributed by atoms with Crippen LogP contribution >= 0.6 is 0 Å². The Labute approximate surface area is 178 Å². The van der Waals surface area contributed by atoms with Gasteiger partial charge in [-0.25, -0.2) is 8.42 Å². The predicted octanol–water partition coefficient (Wildman–Crippen LogP) is 2.72. The molecule has 1 saturated carbocycles. The number of halogens is 3. The highest BCUT2D eigenvalue weighted by molar-refractivity contribution is 7.90. The number of nitrogens with two attached hydrogens (primary N) is 1. The molecular weight excluding hydrogens is 433 g/mol. The molecule has 0 spiro atoms. The zero-order valence-corrected chi connectivity index (χ0v) is 17.8. The lowest BCUT2D eigenvalue weighted by molar-refractivity contribution is -0.0929. The van der Waals surface area contributed by atoms with Gasteiger partial charge >= 0.3 is 6.18 Å². The molecule has 0 bridgehead atoms. The summed E-state index contributed by atoms with van der Waals surface area (Å²) in [5, 5.41) is 5.98. The lowest BCUT2D eigenvalue weighted by Crippen LogP contribution is -2.57.